The van der Waals surface area contributed by atoms with Gasteiger partial charge in [-0.05, 0) is 93.0 Å². The van der Waals surface area contributed by atoms with Crippen molar-refractivity contribution in [3.8, 4) is 33.6 Å². The van der Waals surface area contributed by atoms with Crippen LogP contribution in [0.4, 0.5) is 0 Å². The van der Waals surface area contributed by atoms with E-state index in [2.05, 4.69) is 228 Å². The van der Waals surface area contributed by atoms with Crippen LogP contribution in [-0.2, 0) is 5.41 Å². The van der Waals surface area contributed by atoms with Gasteiger partial charge in [0.15, 0.2) is 0 Å². The molecule has 0 N–H and O–H groups in total. The van der Waals surface area contributed by atoms with Crippen molar-refractivity contribution in [2.45, 2.75) is 5.41 Å². The Morgan fingerprint density at radius 2 is 0.632 bits per heavy atom. The van der Waals surface area contributed by atoms with Crippen molar-refractivity contribution in [1.29, 1.82) is 0 Å². The molecule has 3 heterocycles. The zero-order chi connectivity index (χ0) is 37.5. The Morgan fingerprint density at radius 1 is 0.263 bits per heavy atom. The molecule has 9 aromatic carbocycles. The number of aromatic nitrogens is 2. The summed E-state index contributed by atoms with van der Waals surface area (Å²) in [6.45, 7) is 0. The van der Waals surface area contributed by atoms with E-state index in [1.54, 1.807) is 0 Å². The first kappa shape index (κ1) is 31.9. The topological polar surface area (TPSA) is 9.86 Å². The maximum Gasteiger partial charge on any atom is 0.0788 e. The van der Waals surface area contributed by atoms with E-state index in [4.69, 9.17) is 0 Å². The van der Waals surface area contributed by atoms with Crippen LogP contribution in [0.5, 0.6) is 0 Å². The maximum absolute atomic E-state index is 2.55. The van der Waals surface area contributed by atoms with Crippen LogP contribution in [0, 0.1) is 0 Å². The fourth-order valence-electron chi connectivity index (χ4n) is 9.92. The lowest BCUT2D eigenvalue weighted by molar-refractivity contribution is 0.744. The van der Waals surface area contributed by atoms with Crippen LogP contribution < -0.4 is 0 Å². The molecular weight excluding hydrogens is 689 g/mol. The number of hydrogen-bond donors (Lipinski definition) is 0. The summed E-state index contributed by atoms with van der Waals surface area (Å²) in [7, 11) is 0. The molecular formula is C55H36N2. The summed E-state index contributed by atoms with van der Waals surface area (Å²) in [5.74, 6) is 0. The Morgan fingerprint density at radius 3 is 1.05 bits per heavy atom. The summed E-state index contributed by atoms with van der Waals surface area (Å²) in [5, 5.41) is 4.96. The Kier molecular flexibility index (Phi) is 6.88. The van der Waals surface area contributed by atoms with Crippen molar-refractivity contribution in [3.63, 3.8) is 0 Å². The Bertz CT molecular complexity index is 3090. The molecule has 0 radical (unpaired) electrons. The molecule has 57 heavy (non-hydrogen) atoms. The molecule has 1 aliphatic heterocycles. The maximum atomic E-state index is 2.55. The minimum absolute atomic E-state index is 0.706. The first-order valence-electron chi connectivity index (χ1n) is 19.8. The highest BCUT2D eigenvalue weighted by Gasteiger charge is 2.40. The predicted octanol–water partition coefficient (Wildman–Crippen LogP) is 13.9. The Hall–Kier alpha value is -7.42. The normalized spacial score (nSPS) is 13.1. The summed E-state index contributed by atoms with van der Waals surface area (Å²) in [5.41, 5.74) is 15.9. The molecule has 2 aromatic heterocycles. The second-order valence-electron chi connectivity index (χ2n) is 15.3. The zero-order valence-corrected chi connectivity index (χ0v) is 31.2. The van der Waals surface area contributed by atoms with Gasteiger partial charge in [0.2, 0.25) is 0 Å². The van der Waals surface area contributed by atoms with Crippen LogP contribution in [0.1, 0.15) is 22.3 Å². The lowest BCUT2D eigenvalue weighted by Gasteiger charge is -2.38. The van der Waals surface area contributed by atoms with E-state index in [-0.39, 0.29) is 0 Å². The van der Waals surface area contributed by atoms with Gasteiger partial charge in [0.1, 0.15) is 0 Å². The van der Waals surface area contributed by atoms with Gasteiger partial charge in [0, 0.05) is 32.9 Å². The smallest absolute Gasteiger partial charge is 0.0788 e. The van der Waals surface area contributed by atoms with Gasteiger partial charge in [0.25, 0.3) is 0 Å². The van der Waals surface area contributed by atoms with E-state index < -0.39 is 5.41 Å². The first-order valence-corrected chi connectivity index (χ1v) is 19.8. The number of hydrogen-bond acceptors (Lipinski definition) is 0. The van der Waals surface area contributed by atoms with Gasteiger partial charge in [-0.3, -0.25) is 0 Å². The summed E-state index contributed by atoms with van der Waals surface area (Å²) in [6, 6.07) is 81.3. The summed E-state index contributed by atoms with van der Waals surface area (Å²) < 4.78 is 5.09. The fourth-order valence-corrected chi connectivity index (χ4v) is 9.92. The van der Waals surface area contributed by atoms with Crippen molar-refractivity contribution in [2.24, 2.45) is 0 Å². The van der Waals surface area contributed by atoms with Gasteiger partial charge in [-0.1, -0.05) is 170 Å². The van der Waals surface area contributed by atoms with Crippen LogP contribution in [0.3, 0.4) is 0 Å². The minimum atomic E-state index is -0.706. The lowest BCUT2D eigenvalue weighted by Crippen LogP contribution is -2.31. The van der Waals surface area contributed by atoms with Crippen molar-refractivity contribution in [1.82, 2.24) is 9.13 Å². The van der Waals surface area contributed by atoms with Crippen LogP contribution in [0.25, 0.3) is 77.2 Å². The van der Waals surface area contributed by atoms with Crippen LogP contribution in [0.15, 0.2) is 218 Å². The molecule has 0 aliphatic carbocycles. The number of para-hydroxylation sites is 2. The monoisotopic (exact) mass is 724 g/mol. The van der Waals surface area contributed by atoms with E-state index in [0.717, 1.165) is 11.4 Å². The Labute approximate surface area is 331 Å². The predicted molar refractivity (Wildman–Crippen MR) is 238 cm³/mol. The highest BCUT2D eigenvalue weighted by molar-refractivity contribution is 6.24. The zero-order valence-electron chi connectivity index (χ0n) is 31.2. The molecule has 0 unspecified atom stereocenters. The number of fused-ring (bicyclic) bond motifs is 12. The average molecular weight is 725 g/mol. The largest absolute Gasteiger partial charge is 0.307 e. The van der Waals surface area contributed by atoms with Crippen molar-refractivity contribution in [2.75, 3.05) is 0 Å². The molecule has 12 rings (SSSR count). The van der Waals surface area contributed by atoms with Crippen LogP contribution >= 0.6 is 0 Å². The third kappa shape index (κ3) is 4.59. The summed E-state index contributed by atoms with van der Waals surface area (Å²) >= 11 is 0. The molecule has 2 nitrogen and oxygen atoms in total. The van der Waals surface area contributed by atoms with Gasteiger partial charge >= 0.3 is 0 Å². The number of benzene rings is 9. The van der Waals surface area contributed by atoms with Gasteiger partial charge in [0.05, 0.1) is 27.5 Å². The second-order valence-corrected chi connectivity index (χ2v) is 15.3. The molecule has 2 heteroatoms. The standard InChI is InChI=1S/C55H36N2/c1-5-17-37(18-6-1)39-31-43-35-45(33-39)56-51-27-15-13-25-47(51)49-29-30-50-48-26-14-16-28-52(48)57(54(50)53(49)56)46-34-40(38-19-7-2-8-20-38)32-44(36-46)55(43,41-21-9-3-10-22-41)42-23-11-4-12-24-42/h1-36H. The SMILES string of the molecule is c1ccc(-c2cc3cc(c2)C(c2ccccc2)(c2ccccc2)c2cc(-c4ccccc4)cc(c2)-n2c4ccccc4c4ccc5c6ccccc6n-3c5c42)cc1. The molecule has 1 aliphatic rings. The van der Waals surface area contributed by atoms with Gasteiger partial charge in [-0.25, -0.2) is 0 Å². The van der Waals surface area contributed by atoms with Gasteiger partial charge in [-0.15, -0.1) is 0 Å². The van der Waals surface area contributed by atoms with Crippen molar-refractivity contribution in [3.05, 3.63) is 241 Å². The molecule has 266 valence electrons. The van der Waals surface area contributed by atoms with E-state index in [1.807, 2.05) is 0 Å². The number of nitrogens with zero attached hydrogens (tertiary/aromatic N) is 2. The third-order valence-corrected chi connectivity index (χ3v) is 12.3. The molecule has 0 spiro atoms. The second kappa shape index (κ2) is 12.3. The quantitative estimate of drug-likeness (QED) is 0.171. The molecule has 4 bridgehead atoms. The highest BCUT2D eigenvalue weighted by Crippen LogP contribution is 2.50. The fraction of sp³-hybridized carbons (Fsp3) is 0.0182. The van der Waals surface area contributed by atoms with Crippen LogP contribution in [0.2, 0.25) is 0 Å². The Balaban J connectivity index is 1.40. The molecule has 0 atom stereocenters. The van der Waals surface area contributed by atoms with Gasteiger partial charge in [-0.2, -0.15) is 0 Å². The van der Waals surface area contributed by atoms with Crippen LogP contribution in [-0.4, -0.2) is 9.13 Å². The average Bonchev–Trinajstić information content (AvgIpc) is 3.81. The molecule has 0 amide bonds. The molecule has 0 saturated carbocycles. The molecule has 0 fully saturated rings. The summed E-state index contributed by atoms with van der Waals surface area (Å²) in [4.78, 5) is 0. The van der Waals surface area contributed by atoms with Crippen molar-refractivity contribution >= 4 is 43.6 Å². The van der Waals surface area contributed by atoms with Gasteiger partial charge < -0.3 is 9.13 Å². The number of rotatable bonds is 4. The van der Waals surface area contributed by atoms with E-state index in [9.17, 15) is 0 Å². The van der Waals surface area contributed by atoms with E-state index >= 15 is 0 Å². The summed E-state index contributed by atoms with van der Waals surface area (Å²) in [6.07, 6.45) is 0. The third-order valence-electron chi connectivity index (χ3n) is 12.3. The van der Waals surface area contributed by atoms with E-state index in [1.165, 1.54) is 88.1 Å². The minimum Gasteiger partial charge on any atom is -0.307 e. The molecule has 11 aromatic rings. The first-order chi connectivity index (χ1) is 28.3. The highest BCUT2D eigenvalue weighted by atomic mass is 15.0. The van der Waals surface area contributed by atoms with E-state index in [0.29, 0.717) is 0 Å². The molecule has 0 saturated heterocycles. The lowest BCUT2D eigenvalue weighted by atomic mass is 9.64. The van der Waals surface area contributed by atoms with Crippen molar-refractivity contribution < 1.29 is 0 Å².